The molecule has 0 unspecified atom stereocenters. The predicted octanol–water partition coefficient (Wildman–Crippen LogP) is 3.39. The summed E-state index contributed by atoms with van der Waals surface area (Å²) in [5.74, 6) is -1.49. The Hall–Kier alpha value is -2.68. The summed E-state index contributed by atoms with van der Waals surface area (Å²) in [5, 5.41) is 4.60. The maximum Gasteiger partial charge on any atom is 0.387 e. The van der Waals surface area contributed by atoms with Crippen molar-refractivity contribution in [1.82, 2.24) is 5.32 Å². The summed E-state index contributed by atoms with van der Waals surface area (Å²) in [6.07, 6.45) is 0. The maximum atomic E-state index is 12.3. The van der Waals surface area contributed by atoms with Crippen molar-refractivity contribution in [2.45, 2.75) is 19.6 Å². The second-order valence-corrected chi connectivity index (χ2v) is 6.10. The third kappa shape index (κ3) is 5.41. The lowest BCUT2D eigenvalue weighted by atomic mass is 10.2. The second-order valence-electron chi connectivity index (χ2n) is 5.12. The molecule has 0 aliphatic carbocycles. The molecule has 0 fully saturated rings. The molecular formula is C17H17F2NO5S. The van der Waals surface area contributed by atoms with Gasteiger partial charge in [-0.25, -0.2) is 4.79 Å². The van der Waals surface area contributed by atoms with Crippen molar-refractivity contribution < 1.29 is 32.6 Å². The van der Waals surface area contributed by atoms with Crippen molar-refractivity contribution >= 4 is 23.2 Å². The molecule has 0 aliphatic rings. The molecule has 6 nitrogen and oxygen atoms in total. The lowest BCUT2D eigenvalue weighted by molar-refractivity contribution is -0.124. The Morgan fingerprint density at radius 2 is 2.00 bits per heavy atom. The summed E-state index contributed by atoms with van der Waals surface area (Å²) < 4.78 is 38.7. The molecule has 1 amide bonds. The average Bonchev–Trinajstić information content (AvgIpc) is 3.14. The Bertz CT molecular complexity index is 752. The fourth-order valence-corrected chi connectivity index (χ4v) is 2.83. The number of hydrogen-bond acceptors (Lipinski definition) is 6. The van der Waals surface area contributed by atoms with Gasteiger partial charge in [0.15, 0.2) is 18.1 Å². The van der Waals surface area contributed by atoms with E-state index in [1.54, 1.807) is 0 Å². The predicted molar refractivity (Wildman–Crippen MR) is 90.8 cm³/mol. The Morgan fingerprint density at radius 3 is 2.62 bits per heavy atom. The molecule has 9 heteroatoms. The third-order valence-corrected chi connectivity index (χ3v) is 4.35. The molecule has 26 heavy (non-hydrogen) atoms. The van der Waals surface area contributed by atoms with Gasteiger partial charge in [-0.2, -0.15) is 8.78 Å². The fourth-order valence-electron chi connectivity index (χ4n) is 2.09. The van der Waals surface area contributed by atoms with E-state index < -0.39 is 25.1 Å². The van der Waals surface area contributed by atoms with Crippen molar-refractivity contribution in [2.75, 3.05) is 13.7 Å². The average molecular weight is 385 g/mol. The molecule has 0 saturated heterocycles. The van der Waals surface area contributed by atoms with Crippen molar-refractivity contribution in [3.8, 4) is 11.5 Å². The highest BCUT2D eigenvalue weighted by Gasteiger charge is 2.17. The summed E-state index contributed by atoms with van der Waals surface area (Å²) in [4.78, 5) is 24.9. The van der Waals surface area contributed by atoms with Gasteiger partial charge in [-0.1, -0.05) is 6.07 Å². The first-order valence-electron chi connectivity index (χ1n) is 7.53. The van der Waals surface area contributed by atoms with Crippen LogP contribution in [0.4, 0.5) is 8.78 Å². The summed E-state index contributed by atoms with van der Waals surface area (Å²) in [6.45, 7) is -1.67. The van der Waals surface area contributed by atoms with Crippen LogP contribution in [0.15, 0.2) is 35.7 Å². The van der Waals surface area contributed by atoms with Crippen LogP contribution in [-0.4, -0.2) is 32.2 Å². The van der Waals surface area contributed by atoms with E-state index in [9.17, 15) is 18.4 Å². The first kappa shape index (κ1) is 19.6. The van der Waals surface area contributed by atoms with Gasteiger partial charge in [0.05, 0.1) is 18.7 Å². The zero-order chi connectivity index (χ0) is 19.1. The number of amides is 1. The van der Waals surface area contributed by atoms with E-state index >= 15 is 0 Å². The molecule has 1 aromatic heterocycles. The SMILES string of the molecule is COc1cc(C(=O)OCC(=O)N[C@H](C)c2cccs2)ccc1OC(F)F. The number of carbonyl (C=O) groups is 2. The van der Waals surface area contributed by atoms with Gasteiger partial charge >= 0.3 is 12.6 Å². The van der Waals surface area contributed by atoms with Crippen LogP contribution in [0.3, 0.4) is 0 Å². The van der Waals surface area contributed by atoms with Crippen LogP contribution in [0.2, 0.25) is 0 Å². The molecule has 1 N–H and O–H groups in total. The Morgan fingerprint density at radius 1 is 1.23 bits per heavy atom. The van der Waals surface area contributed by atoms with Crippen LogP contribution in [0, 0.1) is 0 Å². The lowest BCUT2D eigenvalue weighted by Gasteiger charge is -2.13. The number of methoxy groups -OCH3 is 1. The van der Waals surface area contributed by atoms with Crippen LogP contribution in [0.1, 0.15) is 28.2 Å². The van der Waals surface area contributed by atoms with E-state index in [1.807, 2.05) is 24.4 Å². The number of carbonyl (C=O) groups excluding carboxylic acids is 2. The summed E-state index contributed by atoms with van der Waals surface area (Å²) in [5.41, 5.74) is 0.0440. The largest absolute Gasteiger partial charge is 0.493 e. The highest BCUT2D eigenvalue weighted by molar-refractivity contribution is 7.10. The number of esters is 1. The van der Waals surface area contributed by atoms with Gasteiger partial charge in [-0.3, -0.25) is 4.79 Å². The number of rotatable bonds is 8. The van der Waals surface area contributed by atoms with Gasteiger partial charge in [0, 0.05) is 4.88 Å². The summed E-state index contributed by atoms with van der Waals surface area (Å²) in [6, 6.07) is 7.17. The summed E-state index contributed by atoms with van der Waals surface area (Å²) >= 11 is 1.50. The Balaban J connectivity index is 1.91. The minimum absolute atomic E-state index is 0.0440. The van der Waals surface area contributed by atoms with Crippen LogP contribution >= 0.6 is 11.3 Å². The molecule has 1 atom stereocenters. The third-order valence-electron chi connectivity index (χ3n) is 3.30. The van der Waals surface area contributed by atoms with E-state index in [1.165, 1.54) is 36.6 Å². The quantitative estimate of drug-likeness (QED) is 0.705. The number of ether oxygens (including phenoxy) is 3. The van der Waals surface area contributed by atoms with Gasteiger partial charge in [0.1, 0.15) is 0 Å². The number of nitrogens with one attached hydrogen (secondary N) is 1. The van der Waals surface area contributed by atoms with Crippen LogP contribution < -0.4 is 14.8 Å². The molecule has 140 valence electrons. The molecule has 1 heterocycles. The zero-order valence-corrected chi connectivity index (χ0v) is 14.8. The first-order valence-corrected chi connectivity index (χ1v) is 8.41. The summed E-state index contributed by atoms with van der Waals surface area (Å²) in [7, 11) is 1.25. The molecule has 1 aromatic carbocycles. The van der Waals surface area contributed by atoms with Gasteiger partial charge in [0.25, 0.3) is 5.91 Å². The molecule has 2 aromatic rings. The number of hydrogen-bond donors (Lipinski definition) is 1. The number of alkyl halides is 2. The number of halogens is 2. The number of benzene rings is 1. The monoisotopic (exact) mass is 385 g/mol. The Kier molecular flexibility index (Phi) is 6.90. The van der Waals surface area contributed by atoms with E-state index in [0.29, 0.717) is 0 Å². The van der Waals surface area contributed by atoms with Gasteiger partial charge < -0.3 is 19.5 Å². The van der Waals surface area contributed by atoms with Crippen LogP contribution in [0.5, 0.6) is 11.5 Å². The molecular weight excluding hydrogens is 368 g/mol. The fraction of sp³-hybridized carbons (Fsp3) is 0.294. The maximum absolute atomic E-state index is 12.3. The first-order chi connectivity index (χ1) is 12.4. The topological polar surface area (TPSA) is 73.9 Å². The molecule has 0 radical (unpaired) electrons. The smallest absolute Gasteiger partial charge is 0.387 e. The van der Waals surface area contributed by atoms with Crippen molar-refractivity contribution in [1.29, 1.82) is 0 Å². The Labute approximate surface area is 152 Å². The minimum atomic E-state index is -3.02. The van der Waals surface area contributed by atoms with Gasteiger partial charge in [-0.05, 0) is 36.6 Å². The minimum Gasteiger partial charge on any atom is -0.493 e. The molecule has 0 spiro atoms. The molecule has 0 saturated carbocycles. The van der Waals surface area contributed by atoms with Crippen LogP contribution in [0.25, 0.3) is 0 Å². The molecule has 2 rings (SSSR count). The van der Waals surface area contributed by atoms with Crippen molar-refractivity contribution in [3.05, 3.63) is 46.2 Å². The standard InChI is InChI=1S/C17H17F2NO5S/c1-10(14-4-3-7-26-14)20-15(21)9-24-16(22)11-5-6-12(25-17(18)19)13(8-11)23-2/h3-8,10,17H,9H2,1-2H3,(H,20,21)/t10-/m1/s1. The second kappa shape index (κ2) is 9.14. The van der Waals surface area contributed by atoms with E-state index in [2.05, 4.69) is 10.1 Å². The highest BCUT2D eigenvalue weighted by Crippen LogP contribution is 2.29. The normalized spacial score (nSPS) is 11.7. The van der Waals surface area contributed by atoms with E-state index in [-0.39, 0.29) is 23.1 Å². The van der Waals surface area contributed by atoms with E-state index in [0.717, 1.165) is 4.88 Å². The molecule has 0 aliphatic heterocycles. The zero-order valence-electron chi connectivity index (χ0n) is 14.0. The number of thiophene rings is 1. The highest BCUT2D eigenvalue weighted by atomic mass is 32.1. The molecule has 0 bridgehead atoms. The van der Waals surface area contributed by atoms with Gasteiger partial charge in [-0.15, -0.1) is 11.3 Å². The van der Waals surface area contributed by atoms with Gasteiger partial charge in [0.2, 0.25) is 0 Å². The lowest BCUT2D eigenvalue weighted by Crippen LogP contribution is -2.30. The van der Waals surface area contributed by atoms with E-state index in [4.69, 9.17) is 9.47 Å². The van der Waals surface area contributed by atoms with Crippen molar-refractivity contribution in [2.24, 2.45) is 0 Å². The van der Waals surface area contributed by atoms with Crippen molar-refractivity contribution in [3.63, 3.8) is 0 Å². The van der Waals surface area contributed by atoms with Crippen LogP contribution in [-0.2, 0) is 9.53 Å².